The quantitative estimate of drug-likeness (QED) is 0.761. The van der Waals surface area contributed by atoms with Gasteiger partial charge in [0.2, 0.25) is 0 Å². The van der Waals surface area contributed by atoms with Crippen molar-refractivity contribution in [3.63, 3.8) is 0 Å². The van der Waals surface area contributed by atoms with Crippen LogP contribution >= 0.6 is 0 Å². The van der Waals surface area contributed by atoms with Crippen LogP contribution in [0.15, 0.2) is 70.4 Å². The van der Waals surface area contributed by atoms with Gasteiger partial charge in [0.05, 0.1) is 12.0 Å². The molecule has 0 radical (unpaired) electrons. The molecule has 1 N–H and O–H groups in total. The fourth-order valence-electron chi connectivity index (χ4n) is 2.74. The lowest BCUT2D eigenvalue weighted by molar-refractivity contribution is 0.440. The lowest BCUT2D eigenvalue weighted by atomic mass is 9.97. The Morgan fingerprint density at radius 2 is 1.90 bits per heavy atom. The average molecular weight is 262 g/mol. The molecule has 1 aliphatic rings. The topological polar surface area (TPSA) is 37.5 Å². The zero-order valence-corrected chi connectivity index (χ0v) is 10.9. The Kier molecular flexibility index (Phi) is 2.56. The third kappa shape index (κ3) is 1.79. The predicted octanol–water partition coefficient (Wildman–Crippen LogP) is 3.87. The summed E-state index contributed by atoms with van der Waals surface area (Å²) in [6, 6.07) is 18.8. The number of nitrogens with one attached hydrogen (secondary N) is 1. The molecule has 98 valence electrons. The maximum atomic E-state index is 5.45. The van der Waals surface area contributed by atoms with E-state index in [1.165, 1.54) is 16.3 Å². The van der Waals surface area contributed by atoms with Gasteiger partial charge in [0.25, 0.3) is 0 Å². The van der Waals surface area contributed by atoms with Crippen LogP contribution in [0.5, 0.6) is 0 Å². The van der Waals surface area contributed by atoms with Gasteiger partial charge in [-0.2, -0.15) is 5.10 Å². The molecule has 4 rings (SSSR count). The highest BCUT2D eigenvalue weighted by Crippen LogP contribution is 2.28. The van der Waals surface area contributed by atoms with Crippen LogP contribution in [-0.2, 0) is 0 Å². The molecule has 0 spiro atoms. The number of nitrogens with zero attached hydrogens (tertiary/aromatic N) is 1. The minimum absolute atomic E-state index is 0.138. The molecule has 2 heterocycles. The Bertz CT molecular complexity index is 769. The third-order valence-corrected chi connectivity index (χ3v) is 3.74. The van der Waals surface area contributed by atoms with Gasteiger partial charge in [0.15, 0.2) is 0 Å². The normalized spacial score (nSPS) is 18.0. The number of benzene rings is 2. The van der Waals surface area contributed by atoms with Gasteiger partial charge in [0, 0.05) is 12.0 Å². The monoisotopic (exact) mass is 262 g/mol. The molecule has 1 atom stereocenters. The maximum absolute atomic E-state index is 5.45. The molecule has 0 amide bonds. The molecule has 3 heteroatoms. The van der Waals surface area contributed by atoms with E-state index in [1.54, 1.807) is 6.26 Å². The molecule has 0 fully saturated rings. The SMILES string of the molecule is c1coc(C2CC(c3cccc4ccccc34)=NN2)c1. The molecule has 3 nitrogen and oxygen atoms in total. The van der Waals surface area contributed by atoms with Gasteiger partial charge in [0.1, 0.15) is 11.8 Å². The second-order valence-corrected chi connectivity index (χ2v) is 4.99. The zero-order chi connectivity index (χ0) is 13.4. The van der Waals surface area contributed by atoms with Crippen molar-refractivity contribution in [3.8, 4) is 0 Å². The molecular formula is C17H14N2O. The molecule has 1 unspecified atom stereocenters. The summed E-state index contributed by atoms with van der Waals surface area (Å²) in [6.45, 7) is 0. The molecule has 3 aromatic rings. The van der Waals surface area contributed by atoms with Crippen molar-refractivity contribution in [2.24, 2.45) is 5.10 Å². The predicted molar refractivity (Wildman–Crippen MR) is 79.7 cm³/mol. The number of fused-ring (bicyclic) bond motifs is 1. The van der Waals surface area contributed by atoms with Gasteiger partial charge in [-0.25, -0.2) is 0 Å². The second-order valence-electron chi connectivity index (χ2n) is 4.99. The van der Waals surface area contributed by atoms with Crippen molar-refractivity contribution in [1.82, 2.24) is 5.43 Å². The van der Waals surface area contributed by atoms with E-state index in [9.17, 15) is 0 Å². The number of rotatable bonds is 2. The van der Waals surface area contributed by atoms with Crippen LogP contribution in [0.1, 0.15) is 23.8 Å². The Hall–Kier alpha value is -2.55. The molecule has 0 saturated carbocycles. The number of hydrogen-bond acceptors (Lipinski definition) is 3. The Morgan fingerprint density at radius 1 is 1.00 bits per heavy atom. The molecule has 0 bridgehead atoms. The summed E-state index contributed by atoms with van der Waals surface area (Å²) in [5.41, 5.74) is 5.45. The molecule has 1 aliphatic heterocycles. The molecule has 2 aromatic carbocycles. The van der Waals surface area contributed by atoms with E-state index in [1.807, 2.05) is 12.1 Å². The lowest BCUT2D eigenvalue weighted by Crippen LogP contribution is -2.08. The summed E-state index contributed by atoms with van der Waals surface area (Å²) in [5.74, 6) is 0.934. The van der Waals surface area contributed by atoms with Crippen molar-refractivity contribution in [1.29, 1.82) is 0 Å². The van der Waals surface area contributed by atoms with Crippen LogP contribution in [0.4, 0.5) is 0 Å². The van der Waals surface area contributed by atoms with Crippen LogP contribution in [0, 0.1) is 0 Å². The van der Waals surface area contributed by atoms with Gasteiger partial charge in [-0.05, 0) is 22.9 Å². The van der Waals surface area contributed by atoms with Gasteiger partial charge >= 0.3 is 0 Å². The first kappa shape index (κ1) is 11.3. The highest BCUT2D eigenvalue weighted by Gasteiger charge is 2.23. The zero-order valence-electron chi connectivity index (χ0n) is 10.9. The van der Waals surface area contributed by atoms with E-state index in [0.29, 0.717) is 0 Å². The van der Waals surface area contributed by atoms with Gasteiger partial charge in [-0.3, -0.25) is 5.43 Å². The van der Waals surface area contributed by atoms with Gasteiger partial charge in [-0.1, -0.05) is 42.5 Å². The van der Waals surface area contributed by atoms with Crippen LogP contribution in [0.2, 0.25) is 0 Å². The first-order valence-corrected chi connectivity index (χ1v) is 6.75. The average Bonchev–Trinajstić information content (AvgIpc) is 3.17. The Balaban J connectivity index is 1.71. The van der Waals surface area contributed by atoms with E-state index >= 15 is 0 Å². The van der Waals surface area contributed by atoms with Crippen molar-refractivity contribution in [2.45, 2.75) is 12.5 Å². The number of hydrazone groups is 1. The molecule has 0 saturated heterocycles. The minimum atomic E-state index is 0.138. The Morgan fingerprint density at radius 3 is 2.80 bits per heavy atom. The lowest BCUT2D eigenvalue weighted by Gasteiger charge is -2.07. The minimum Gasteiger partial charge on any atom is -0.467 e. The number of hydrogen-bond donors (Lipinski definition) is 1. The number of furan rings is 1. The van der Waals surface area contributed by atoms with E-state index in [-0.39, 0.29) is 6.04 Å². The summed E-state index contributed by atoms with van der Waals surface area (Å²) < 4.78 is 5.45. The van der Waals surface area contributed by atoms with Crippen LogP contribution < -0.4 is 5.43 Å². The summed E-state index contributed by atoms with van der Waals surface area (Å²) in [7, 11) is 0. The first-order chi connectivity index (χ1) is 9.92. The summed E-state index contributed by atoms with van der Waals surface area (Å²) in [4.78, 5) is 0. The van der Waals surface area contributed by atoms with E-state index in [2.05, 4.69) is 53.0 Å². The van der Waals surface area contributed by atoms with Crippen molar-refractivity contribution < 1.29 is 4.42 Å². The highest BCUT2D eigenvalue weighted by atomic mass is 16.3. The Labute approximate surface area is 116 Å². The van der Waals surface area contributed by atoms with E-state index in [4.69, 9.17) is 4.42 Å². The molecule has 1 aromatic heterocycles. The molecular weight excluding hydrogens is 248 g/mol. The van der Waals surface area contributed by atoms with Crippen LogP contribution in [-0.4, -0.2) is 5.71 Å². The van der Waals surface area contributed by atoms with Crippen molar-refractivity contribution in [3.05, 3.63) is 72.2 Å². The van der Waals surface area contributed by atoms with Gasteiger partial charge < -0.3 is 4.42 Å². The standard InChI is InChI=1S/C17H14N2O/c1-2-7-13-12(5-1)6-3-8-14(13)15-11-16(19-18-15)17-9-4-10-20-17/h1-10,16,19H,11H2. The maximum Gasteiger partial charge on any atom is 0.128 e. The fraction of sp³-hybridized carbons (Fsp3) is 0.118. The largest absolute Gasteiger partial charge is 0.467 e. The molecule has 0 aliphatic carbocycles. The summed E-state index contributed by atoms with van der Waals surface area (Å²) in [5, 5.41) is 6.99. The van der Waals surface area contributed by atoms with Crippen molar-refractivity contribution in [2.75, 3.05) is 0 Å². The van der Waals surface area contributed by atoms with Gasteiger partial charge in [-0.15, -0.1) is 0 Å². The summed E-state index contributed by atoms with van der Waals surface area (Å²) >= 11 is 0. The second kappa shape index (κ2) is 4.53. The fourth-order valence-corrected chi connectivity index (χ4v) is 2.74. The van der Waals surface area contributed by atoms with Crippen LogP contribution in [0.25, 0.3) is 10.8 Å². The summed E-state index contributed by atoms with van der Waals surface area (Å²) in [6.07, 6.45) is 2.55. The molecule has 20 heavy (non-hydrogen) atoms. The van der Waals surface area contributed by atoms with Crippen LogP contribution in [0.3, 0.4) is 0 Å². The first-order valence-electron chi connectivity index (χ1n) is 6.75. The van der Waals surface area contributed by atoms with Crippen molar-refractivity contribution >= 4 is 16.5 Å². The third-order valence-electron chi connectivity index (χ3n) is 3.74. The van der Waals surface area contributed by atoms with E-state index in [0.717, 1.165) is 17.9 Å². The highest BCUT2D eigenvalue weighted by molar-refractivity contribution is 6.11. The smallest absolute Gasteiger partial charge is 0.128 e. The van der Waals surface area contributed by atoms with E-state index < -0.39 is 0 Å².